The van der Waals surface area contributed by atoms with Gasteiger partial charge in [-0.2, -0.15) is 0 Å². The summed E-state index contributed by atoms with van der Waals surface area (Å²) in [5, 5.41) is 3.65. The van der Waals surface area contributed by atoms with E-state index in [4.69, 9.17) is 4.74 Å². The summed E-state index contributed by atoms with van der Waals surface area (Å²) in [6.45, 7) is 5.05. The zero-order chi connectivity index (χ0) is 13.1. The molecule has 0 aromatic heterocycles. The maximum atomic E-state index is 5.93. The summed E-state index contributed by atoms with van der Waals surface area (Å²) in [6.07, 6.45) is 5.44. The molecule has 1 aromatic carbocycles. The number of nitrogens with one attached hydrogen (secondary N) is 1. The van der Waals surface area contributed by atoms with Crippen LogP contribution in [0.5, 0.6) is 0 Å². The molecular weight excluding hydrogens is 234 g/mol. The van der Waals surface area contributed by atoms with Crippen LogP contribution in [-0.2, 0) is 4.74 Å². The van der Waals surface area contributed by atoms with Crippen molar-refractivity contribution in [2.24, 2.45) is 5.92 Å². The summed E-state index contributed by atoms with van der Waals surface area (Å²) in [7, 11) is 0. The lowest BCUT2D eigenvalue weighted by Crippen LogP contribution is -2.26. The van der Waals surface area contributed by atoms with Crippen LogP contribution >= 0.6 is 0 Å². The second-order valence-corrected chi connectivity index (χ2v) is 6.27. The molecule has 2 saturated carbocycles. The molecule has 1 unspecified atom stereocenters. The zero-order valence-electron chi connectivity index (χ0n) is 11.9. The highest BCUT2D eigenvalue weighted by Gasteiger charge is 2.24. The van der Waals surface area contributed by atoms with Gasteiger partial charge >= 0.3 is 0 Å². The molecule has 2 heteroatoms. The van der Waals surface area contributed by atoms with Gasteiger partial charge in [-0.15, -0.1) is 0 Å². The molecule has 2 aliphatic rings. The van der Waals surface area contributed by atoms with Gasteiger partial charge in [-0.3, -0.25) is 0 Å². The zero-order valence-corrected chi connectivity index (χ0v) is 11.9. The Bertz CT molecular complexity index is 409. The monoisotopic (exact) mass is 259 g/mol. The Kier molecular flexibility index (Phi) is 4.19. The number of benzene rings is 1. The van der Waals surface area contributed by atoms with Crippen LogP contribution in [0.4, 0.5) is 0 Å². The standard InChI is InChI=1S/C17H25NO/c1-13-3-2-4-15(9-13)16(10-18-17-7-8-17)12-19-11-14-5-6-14/h2-4,9,14,16-18H,5-8,10-12H2,1H3. The second-order valence-electron chi connectivity index (χ2n) is 6.27. The van der Waals surface area contributed by atoms with E-state index in [2.05, 4.69) is 36.5 Å². The Hall–Kier alpha value is -0.860. The van der Waals surface area contributed by atoms with Crippen LogP contribution in [-0.4, -0.2) is 25.8 Å². The molecule has 0 amide bonds. The van der Waals surface area contributed by atoms with Crippen LogP contribution in [0.15, 0.2) is 24.3 Å². The van der Waals surface area contributed by atoms with E-state index < -0.39 is 0 Å². The van der Waals surface area contributed by atoms with Crippen LogP contribution in [0.25, 0.3) is 0 Å². The highest BCUT2D eigenvalue weighted by Crippen LogP contribution is 2.29. The van der Waals surface area contributed by atoms with Crippen LogP contribution in [0.3, 0.4) is 0 Å². The first-order chi connectivity index (χ1) is 9.31. The fourth-order valence-electron chi connectivity index (χ4n) is 2.45. The summed E-state index contributed by atoms with van der Waals surface area (Å²) in [5.74, 6) is 1.36. The number of ether oxygens (including phenoxy) is 1. The van der Waals surface area contributed by atoms with Crippen molar-refractivity contribution < 1.29 is 4.74 Å². The van der Waals surface area contributed by atoms with Crippen molar-refractivity contribution in [2.75, 3.05) is 19.8 Å². The summed E-state index contributed by atoms with van der Waals surface area (Å²) in [5.41, 5.74) is 2.76. The Balaban J connectivity index is 1.55. The van der Waals surface area contributed by atoms with Gasteiger partial charge in [-0.05, 0) is 44.1 Å². The number of aryl methyl sites for hydroxylation is 1. The van der Waals surface area contributed by atoms with Crippen LogP contribution in [0.1, 0.15) is 42.7 Å². The third kappa shape index (κ3) is 4.32. The fraction of sp³-hybridized carbons (Fsp3) is 0.647. The van der Waals surface area contributed by atoms with E-state index in [0.29, 0.717) is 5.92 Å². The molecular formula is C17H25NO. The minimum Gasteiger partial charge on any atom is -0.380 e. The van der Waals surface area contributed by atoms with Gasteiger partial charge in [0.15, 0.2) is 0 Å². The first-order valence-corrected chi connectivity index (χ1v) is 7.69. The Morgan fingerprint density at radius 3 is 2.79 bits per heavy atom. The average Bonchev–Trinajstić information content (AvgIpc) is 3.26. The lowest BCUT2D eigenvalue weighted by atomic mass is 9.98. The normalized spacial score (nSPS) is 20.5. The van der Waals surface area contributed by atoms with Gasteiger partial charge in [0.25, 0.3) is 0 Å². The molecule has 3 rings (SSSR count). The van der Waals surface area contributed by atoms with Gasteiger partial charge in [-0.25, -0.2) is 0 Å². The molecule has 0 spiro atoms. The summed E-state index contributed by atoms with van der Waals surface area (Å²) in [6, 6.07) is 9.65. The van der Waals surface area contributed by atoms with Crippen LogP contribution in [0, 0.1) is 12.8 Å². The molecule has 19 heavy (non-hydrogen) atoms. The second kappa shape index (κ2) is 6.06. The molecule has 0 aliphatic heterocycles. The summed E-state index contributed by atoms with van der Waals surface area (Å²) in [4.78, 5) is 0. The first-order valence-electron chi connectivity index (χ1n) is 7.69. The van der Waals surface area contributed by atoms with Gasteiger partial charge in [-0.1, -0.05) is 29.8 Å². The third-order valence-electron chi connectivity index (χ3n) is 4.11. The van der Waals surface area contributed by atoms with Crippen molar-refractivity contribution >= 4 is 0 Å². The van der Waals surface area contributed by atoms with Crippen molar-refractivity contribution in [2.45, 2.75) is 44.6 Å². The summed E-state index contributed by atoms with van der Waals surface area (Å²) >= 11 is 0. The molecule has 2 nitrogen and oxygen atoms in total. The number of hydrogen-bond donors (Lipinski definition) is 1. The van der Waals surface area contributed by atoms with Gasteiger partial charge in [0, 0.05) is 25.1 Å². The van der Waals surface area contributed by atoms with Gasteiger partial charge < -0.3 is 10.1 Å². The van der Waals surface area contributed by atoms with Crippen LogP contribution < -0.4 is 5.32 Å². The minimum absolute atomic E-state index is 0.499. The predicted octanol–water partition coefficient (Wildman–Crippen LogP) is 3.26. The number of rotatable bonds is 8. The Morgan fingerprint density at radius 2 is 2.11 bits per heavy atom. The topological polar surface area (TPSA) is 21.3 Å². The van der Waals surface area contributed by atoms with Crippen LogP contribution in [0.2, 0.25) is 0 Å². The molecule has 2 fully saturated rings. The molecule has 104 valence electrons. The van der Waals surface area contributed by atoms with E-state index in [1.807, 2.05) is 0 Å². The van der Waals surface area contributed by atoms with Crippen molar-refractivity contribution in [3.8, 4) is 0 Å². The van der Waals surface area contributed by atoms with E-state index in [1.165, 1.54) is 36.8 Å². The Morgan fingerprint density at radius 1 is 1.26 bits per heavy atom. The molecule has 2 aliphatic carbocycles. The molecule has 1 aromatic rings. The van der Waals surface area contributed by atoms with Crippen molar-refractivity contribution in [1.29, 1.82) is 0 Å². The maximum absolute atomic E-state index is 5.93. The molecule has 0 radical (unpaired) electrons. The molecule has 0 bridgehead atoms. The fourth-order valence-corrected chi connectivity index (χ4v) is 2.45. The average molecular weight is 259 g/mol. The lowest BCUT2D eigenvalue weighted by molar-refractivity contribution is 0.110. The van der Waals surface area contributed by atoms with E-state index in [1.54, 1.807) is 0 Å². The number of hydrogen-bond acceptors (Lipinski definition) is 2. The van der Waals surface area contributed by atoms with Gasteiger partial charge in [0.05, 0.1) is 6.61 Å². The predicted molar refractivity (Wildman–Crippen MR) is 78.5 cm³/mol. The van der Waals surface area contributed by atoms with E-state index in [9.17, 15) is 0 Å². The summed E-state index contributed by atoms with van der Waals surface area (Å²) < 4.78 is 5.93. The smallest absolute Gasteiger partial charge is 0.0547 e. The third-order valence-corrected chi connectivity index (χ3v) is 4.11. The SMILES string of the molecule is Cc1cccc(C(CNC2CC2)COCC2CC2)c1. The van der Waals surface area contributed by atoms with Gasteiger partial charge in [0.2, 0.25) is 0 Å². The van der Waals surface area contributed by atoms with Gasteiger partial charge in [0.1, 0.15) is 0 Å². The molecule has 1 N–H and O–H groups in total. The van der Waals surface area contributed by atoms with Crippen molar-refractivity contribution in [3.63, 3.8) is 0 Å². The van der Waals surface area contributed by atoms with E-state index in [-0.39, 0.29) is 0 Å². The quantitative estimate of drug-likeness (QED) is 0.773. The lowest BCUT2D eigenvalue weighted by Gasteiger charge is -2.19. The van der Waals surface area contributed by atoms with E-state index in [0.717, 1.165) is 31.7 Å². The van der Waals surface area contributed by atoms with Crippen molar-refractivity contribution in [1.82, 2.24) is 5.32 Å². The highest BCUT2D eigenvalue weighted by molar-refractivity contribution is 5.26. The van der Waals surface area contributed by atoms with Crippen molar-refractivity contribution in [3.05, 3.63) is 35.4 Å². The molecule has 0 saturated heterocycles. The maximum Gasteiger partial charge on any atom is 0.0547 e. The Labute approximate surface area is 116 Å². The van der Waals surface area contributed by atoms with E-state index >= 15 is 0 Å². The minimum atomic E-state index is 0.499. The molecule has 1 atom stereocenters. The first kappa shape index (κ1) is 13.1. The molecule has 0 heterocycles. The highest BCUT2D eigenvalue weighted by atomic mass is 16.5. The largest absolute Gasteiger partial charge is 0.380 e.